The minimum absolute atomic E-state index is 0.218. The number of anilines is 1. The van der Waals surface area contributed by atoms with Crippen LogP contribution in [0.5, 0.6) is 17.2 Å². The molecule has 144 valence electrons. The van der Waals surface area contributed by atoms with Gasteiger partial charge in [-0.25, -0.2) is 0 Å². The largest absolute Gasteiger partial charge is 0.497 e. The van der Waals surface area contributed by atoms with Gasteiger partial charge in [0, 0.05) is 17.8 Å². The first-order valence-corrected chi connectivity index (χ1v) is 9.19. The summed E-state index contributed by atoms with van der Waals surface area (Å²) in [5.41, 5.74) is 1.54. The second kappa shape index (κ2) is 10.9. The van der Waals surface area contributed by atoms with E-state index in [1.165, 1.54) is 6.08 Å². The number of hydrogen-bond donors (Lipinski definition) is 1. The van der Waals surface area contributed by atoms with Gasteiger partial charge in [-0.3, -0.25) is 4.79 Å². The van der Waals surface area contributed by atoms with Crippen molar-refractivity contribution in [3.8, 4) is 17.2 Å². The number of rotatable bonds is 10. The lowest BCUT2D eigenvalue weighted by Crippen LogP contribution is -2.07. The Bertz CT molecular complexity index is 771. The smallest absolute Gasteiger partial charge is 0.248 e. The van der Waals surface area contributed by atoms with Crippen LogP contribution >= 0.6 is 0 Å². The van der Waals surface area contributed by atoms with Crippen LogP contribution in [0.4, 0.5) is 5.69 Å². The Balaban J connectivity index is 2.03. The molecule has 0 saturated carbocycles. The second-order valence-corrected chi connectivity index (χ2v) is 5.90. The molecule has 2 aromatic carbocycles. The number of unbranched alkanes of at least 4 members (excludes halogenated alkanes) is 1. The van der Waals surface area contributed by atoms with Crippen molar-refractivity contribution in [2.45, 2.75) is 26.7 Å². The molecule has 0 heterocycles. The number of hydrogen-bond acceptors (Lipinski definition) is 4. The molecule has 27 heavy (non-hydrogen) atoms. The van der Waals surface area contributed by atoms with Crippen LogP contribution in [0.15, 0.2) is 48.5 Å². The Kier molecular flexibility index (Phi) is 8.23. The lowest BCUT2D eigenvalue weighted by molar-refractivity contribution is -0.111. The molecular formula is C22H27NO4. The van der Waals surface area contributed by atoms with Crippen molar-refractivity contribution in [1.82, 2.24) is 0 Å². The van der Waals surface area contributed by atoms with Gasteiger partial charge in [-0.15, -0.1) is 0 Å². The fourth-order valence-corrected chi connectivity index (χ4v) is 2.40. The summed E-state index contributed by atoms with van der Waals surface area (Å²) in [7, 11) is 1.59. The predicted molar refractivity (Wildman–Crippen MR) is 109 cm³/mol. The van der Waals surface area contributed by atoms with Crippen LogP contribution in [0.25, 0.3) is 6.08 Å². The first-order valence-electron chi connectivity index (χ1n) is 9.19. The Morgan fingerprint density at radius 3 is 2.67 bits per heavy atom. The van der Waals surface area contributed by atoms with Crippen LogP contribution in [-0.2, 0) is 4.79 Å². The van der Waals surface area contributed by atoms with Crippen LogP contribution in [0.3, 0.4) is 0 Å². The maximum atomic E-state index is 12.1. The molecule has 0 aliphatic heterocycles. The van der Waals surface area contributed by atoms with Crippen molar-refractivity contribution in [3.63, 3.8) is 0 Å². The van der Waals surface area contributed by atoms with E-state index < -0.39 is 0 Å². The first-order chi connectivity index (χ1) is 13.2. The quantitative estimate of drug-likeness (QED) is 0.477. The molecule has 0 aliphatic rings. The number of amides is 1. The summed E-state index contributed by atoms with van der Waals surface area (Å²) in [5.74, 6) is 1.88. The zero-order valence-electron chi connectivity index (χ0n) is 16.2. The van der Waals surface area contributed by atoms with Crippen LogP contribution < -0.4 is 19.5 Å². The van der Waals surface area contributed by atoms with Crippen molar-refractivity contribution in [3.05, 3.63) is 54.1 Å². The van der Waals surface area contributed by atoms with Crippen molar-refractivity contribution in [2.24, 2.45) is 0 Å². The van der Waals surface area contributed by atoms with E-state index in [-0.39, 0.29) is 5.91 Å². The van der Waals surface area contributed by atoms with E-state index in [0.717, 1.165) is 24.2 Å². The molecule has 0 fully saturated rings. The van der Waals surface area contributed by atoms with Gasteiger partial charge < -0.3 is 19.5 Å². The fraction of sp³-hybridized carbons (Fsp3) is 0.318. The summed E-state index contributed by atoms with van der Waals surface area (Å²) >= 11 is 0. The number of carbonyl (C=O) groups excluding carboxylic acids is 1. The Morgan fingerprint density at radius 1 is 1.07 bits per heavy atom. The molecule has 0 aromatic heterocycles. The van der Waals surface area contributed by atoms with E-state index in [9.17, 15) is 4.79 Å². The molecule has 0 bridgehead atoms. The van der Waals surface area contributed by atoms with Crippen LogP contribution in [0, 0.1) is 0 Å². The van der Waals surface area contributed by atoms with Gasteiger partial charge >= 0.3 is 0 Å². The molecule has 1 N–H and O–H groups in total. The molecular weight excluding hydrogens is 342 g/mol. The van der Waals surface area contributed by atoms with Crippen molar-refractivity contribution < 1.29 is 19.0 Å². The molecule has 0 atom stereocenters. The minimum atomic E-state index is -0.218. The van der Waals surface area contributed by atoms with E-state index in [1.54, 1.807) is 19.3 Å². The van der Waals surface area contributed by atoms with Crippen LogP contribution in [-0.4, -0.2) is 26.2 Å². The van der Waals surface area contributed by atoms with Crippen molar-refractivity contribution >= 4 is 17.7 Å². The first kappa shape index (κ1) is 20.4. The van der Waals surface area contributed by atoms with Gasteiger partial charge in [0.2, 0.25) is 5.91 Å². The van der Waals surface area contributed by atoms with E-state index in [1.807, 2.05) is 43.3 Å². The number of methoxy groups -OCH3 is 1. The van der Waals surface area contributed by atoms with Gasteiger partial charge in [-0.2, -0.15) is 0 Å². The van der Waals surface area contributed by atoms with Gasteiger partial charge in [0.1, 0.15) is 5.75 Å². The fourth-order valence-electron chi connectivity index (χ4n) is 2.40. The SMILES string of the molecule is CCCCOc1ccc(/C=C/C(=O)Nc2cccc(OC)c2)cc1OCC. The molecule has 0 spiro atoms. The monoisotopic (exact) mass is 369 g/mol. The Morgan fingerprint density at radius 2 is 1.93 bits per heavy atom. The summed E-state index contributed by atoms with van der Waals surface area (Å²) < 4.78 is 16.6. The van der Waals surface area contributed by atoms with E-state index in [2.05, 4.69) is 12.2 Å². The average Bonchev–Trinajstić information content (AvgIpc) is 2.68. The van der Waals surface area contributed by atoms with Crippen LogP contribution in [0.1, 0.15) is 32.3 Å². The van der Waals surface area contributed by atoms with E-state index >= 15 is 0 Å². The zero-order chi connectivity index (χ0) is 19.5. The number of benzene rings is 2. The summed E-state index contributed by atoms with van der Waals surface area (Å²) in [6, 6.07) is 12.9. The lowest BCUT2D eigenvalue weighted by atomic mass is 10.2. The molecule has 0 saturated heterocycles. The summed E-state index contributed by atoms with van der Waals surface area (Å²) in [6.07, 6.45) is 5.31. The molecule has 5 heteroatoms. The van der Waals surface area contributed by atoms with E-state index in [4.69, 9.17) is 14.2 Å². The van der Waals surface area contributed by atoms with Gasteiger partial charge in [0.15, 0.2) is 11.5 Å². The number of ether oxygens (including phenoxy) is 3. The molecule has 0 radical (unpaired) electrons. The maximum absolute atomic E-state index is 12.1. The summed E-state index contributed by atoms with van der Waals surface area (Å²) in [5, 5.41) is 2.81. The third-order valence-electron chi connectivity index (χ3n) is 3.79. The highest BCUT2D eigenvalue weighted by Gasteiger charge is 2.06. The van der Waals surface area contributed by atoms with Crippen LogP contribution in [0.2, 0.25) is 0 Å². The molecule has 2 rings (SSSR count). The Hall–Kier alpha value is -2.95. The van der Waals surface area contributed by atoms with Gasteiger partial charge in [0.05, 0.1) is 20.3 Å². The maximum Gasteiger partial charge on any atom is 0.248 e. The summed E-state index contributed by atoms with van der Waals surface area (Å²) in [4.78, 5) is 12.1. The lowest BCUT2D eigenvalue weighted by Gasteiger charge is -2.12. The zero-order valence-corrected chi connectivity index (χ0v) is 16.2. The Labute approximate surface area is 161 Å². The van der Waals surface area contributed by atoms with Gasteiger partial charge in [0.25, 0.3) is 0 Å². The third-order valence-corrected chi connectivity index (χ3v) is 3.79. The van der Waals surface area contributed by atoms with E-state index in [0.29, 0.717) is 30.4 Å². The molecule has 0 aliphatic carbocycles. The normalized spacial score (nSPS) is 10.6. The minimum Gasteiger partial charge on any atom is -0.497 e. The average molecular weight is 369 g/mol. The van der Waals surface area contributed by atoms with Crippen molar-refractivity contribution in [2.75, 3.05) is 25.6 Å². The molecule has 1 amide bonds. The highest BCUT2D eigenvalue weighted by molar-refractivity contribution is 6.02. The van der Waals surface area contributed by atoms with Gasteiger partial charge in [-0.05, 0) is 49.2 Å². The molecule has 0 unspecified atom stereocenters. The second-order valence-electron chi connectivity index (χ2n) is 5.90. The molecule has 2 aromatic rings. The highest BCUT2D eigenvalue weighted by Crippen LogP contribution is 2.29. The summed E-state index contributed by atoms with van der Waals surface area (Å²) in [6.45, 7) is 5.26. The number of nitrogens with one attached hydrogen (secondary N) is 1. The topological polar surface area (TPSA) is 56.8 Å². The third kappa shape index (κ3) is 6.70. The molecule has 5 nitrogen and oxygen atoms in total. The standard InChI is InChI=1S/C22H27NO4/c1-4-6-14-27-20-12-10-17(15-21(20)26-5-2)11-13-22(24)23-18-8-7-9-19(16-18)25-3/h7-13,15-16H,4-6,14H2,1-3H3,(H,23,24)/b13-11+. The highest BCUT2D eigenvalue weighted by atomic mass is 16.5. The number of carbonyl (C=O) groups is 1. The van der Waals surface area contributed by atoms with Crippen molar-refractivity contribution in [1.29, 1.82) is 0 Å². The predicted octanol–water partition coefficient (Wildman–Crippen LogP) is 4.92. The van der Waals surface area contributed by atoms with Gasteiger partial charge in [-0.1, -0.05) is 25.5 Å².